The number of aromatic nitrogens is 1. The van der Waals surface area contributed by atoms with Crippen LogP contribution in [0.5, 0.6) is 0 Å². The van der Waals surface area contributed by atoms with Crippen LogP contribution in [-0.4, -0.2) is 10.9 Å². The van der Waals surface area contributed by atoms with Gasteiger partial charge in [-0.3, -0.25) is 4.98 Å². The maximum Gasteiger partial charge on any atom is 0.0341 e. The second-order valence-corrected chi connectivity index (χ2v) is 2.70. The Kier molecular flexibility index (Phi) is 4.26. The smallest absolute Gasteiger partial charge is 0.0341 e. The molecule has 12 heavy (non-hydrogen) atoms. The van der Waals surface area contributed by atoms with Crippen molar-refractivity contribution in [2.24, 2.45) is 0 Å². The minimum atomic E-state index is 0.614. The van der Waals surface area contributed by atoms with E-state index in [0.717, 1.165) is 12.8 Å². The Bertz CT molecular complexity index is 271. The second kappa shape index (κ2) is 5.62. The summed E-state index contributed by atoms with van der Waals surface area (Å²) in [6, 6.07) is 3.94. The summed E-state index contributed by atoms with van der Waals surface area (Å²) < 4.78 is 0. The van der Waals surface area contributed by atoms with Crippen molar-refractivity contribution in [2.45, 2.75) is 12.8 Å². The number of alkyl halides is 1. The minimum absolute atomic E-state index is 0.614. The molecule has 1 aromatic rings. The molecule has 1 rings (SSSR count). The largest absolute Gasteiger partial charge is 0.265 e. The van der Waals surface area contributed by atoms with E-state index < -0.39 is 0 Å². The number of hydrogen-bond acceptors (Lipinski definition) is 1. The highest BCUT2D eigenvalue weighted by Crippen LogP contribution is 1.95. The predicted molar refractivity (Wildman–Crippen MR) is 51.1 cm³/mol. The molecule has 1 aromatic heterocycles. The summed E-state index contributed by atoms with van der Waals surface area (Å²) in [5.74, 6) is 6.64. The van der Waals surface area contributed by atoms with Gasteiger partial charge < -0.3 is 0 Å². The van der Waals surface area contributed by atoms with Crippen LogP contribution in [0.2, 0.25) is 0 Å². The fourth-order valence-corrected chi connectivity index (χ4v) is 0.895. The average Bonchev–Trinajstić information content (AvgIpc) is 2.14. The van der Waals surface area contributed by atoms with Crippen LogP contribution in [0.4, 0.5) is 0 Å². The topological polar surface area (TPSA) is 12.9 Å². The van der Waals surface area contributed by atoms with E-state index in [4.69, 9.17) is 11.6 Å². The van der Waals surface area contributed by atoms with E-state index >= 15 is 0 Å². The molecular formula is C10H10ClN. The van der Waals surface area contributed by atoms with E-state index in [0.29, 0.717) is 5.88 Å². The number of nitrogens with zero attached hydrogens (tertiary/aromatic N) is 1. The number of rotatable bonds is 2. The lowest BCUT2D eigenvalue weighted by atomic mass is 10.2. The highest BCUT2D eigenvalue weighted by atomic mass is 35.5. The van der Waals surface area contributed by atoms with Crippen molar-refractivity contribution < 1.29 is 0 Å². The molecule has 0 spiro atoms. The molecule has 0 unspecified atom stereocenters. The van der Waals surface area contributed by atoms with Gasteiger partial charge in [0.05, 0.1) is 0 Å². The van der Waals surface area contributed by atoms with Crippen LogP contribution in [0.1, 0.15) is 12.0 Å². The molecule has 0 saturated heterocycles. The van der Waals surface area contributed by atoms with Gasteiger partial charge in [-0.15, -0.1) is 17.5 Å². The van der Waals surface area contributed by atoms with Crippen LogP contribution in [-0.2, 0) is 6.42 Å². The summed E-state index contributed by atoms with van der Waals surface area (Å²) >= 11 is 5.47. The Morgan fingerprint density at radius 3 is 2.67 bits per heavy atom. The first-order valence-electron chi connectivity index (χ1n) is 3.84. The molecule has 1 heterocycles. The summed E-state index contributed by atoms with van der Waals surface area (Å²) in [6.07, 6.45) is 5.11. The van der Waals surface area contributed by atoms with Gasteiger partial charge in [0.1, 0.15) is 0 Å². The molecule has 0 aromatic carbocycles. The van der Waals surface area contributed by atoms with Crippen molar-refractivity contribution in [2.75, 3.05) is 5.88 Å². The van der Waals surface area contributed by atoms with Gasteiger partial charge in [-0.1, -0.05) is 5.92 Å². The highest BCUT2D eigenvalue weighted by molar-refractivity contribution is 6.18. The van der Waals surface area contributed by atoms with Gasteiger partial charge in [-0.05, 0) is 17.7 Å². The minimum Gasteiger partial charge on any atom is -0.265 e. The maximum absolute atomic E-state index is 5.47. The summed E-state index contributed by atoms with van der Waals surface area (Å²) in [5.41, 5.74) is 1.20. The number of hydrogen-bond donors (Lipinski definition) is 0. The summed E-state index contributed by atoms with van der Waals surface area (Å²) in [4.78, 5) is 3.92. The van der Waals surface area contributed by atoms with E-state index in [1.54, 1.807) is 12.4 Å². The summed E-state index contributed by atoms with van der Waals surface area (Å²) in [7, 11) is 0. The van der Waals surface area contributed by atoms with Crippen molar-refractivity contribution >= 4 is 11.6 Å². The monoisotopic (exact) mass is 179 g/mol. The lowest BCUT2D eigenvalue weighted by molar-refractivity contribution is 1.22. The lowest BCUT2D eigenvalue weighted by Crippen LogP contribution is -1.80. The number of pyridine rings is 1. The van der Waals surface area contributed by atoms with Crippen LogP contribution in [0.25, 0.3) is 0 Å². The Hall–Kier alpha value is -1.00. The van der Waals surface area contributed by atoms with Crippen molar-refractivity contribution in [3.05, 3.63) is 30.1 Å². The Labute approximate surface area is 77.8 Å². The molecule has 0 saturated carbocycles. The quantitative estimate of drug-likeness (QED) is 0.502. The van der Waals surface area contributed by atoms with Crippen LogP contribution < -0.4 is 0 Å². The fourth-order valence-electron chi connectivity index (χ4n) is 0.801. The average molecular weight is 180 g/mol. The third-order valence-electron chi connectivity index (χ3n) is 1.39. The van der Waals surface area contributed by atoms with Gasteiger partial charge >= 0.3 is 0 Å². The summed E-state index contributed by atoms with van der Waals surface area (Å²) in [6.45, 7) is 0. The standard InChI is InChI=1S/C10H10ClN/c11-7-3-1-2-4-10-5-8-12-9-6-10/h5-6,8-9H,3-4,7H2. The van der Waals surface area contributed by atoms with Crippen molar-refractivity contribution in [3.8, 4) is 11.8 Å². The van der Waals surface area contributed by atoms with Gasteiger partial charge in [0.25, 0.3) is 0 Å². The van der Waals surface area contributed by atoms with Gasteiger partial charge in [0.2, 0.25) is 0 Å². The highest BCUT2D eigenvalue weighted by Gasteiger charge is 1.84. The molecule has 0 aliphatic rings. The van der Waals surface area contributed by atoms with Gasteiger partial charge in [-0.2, -0.15) is 0 Å². The first-order valence-corrected chi connectivity index (χ1v) is 4.37. The lowest BCUT2D eigenvalue weighted by Gasteiger charge is -1.90. The Morgan fingerprint density at radius 2 is 2.00 bits per heavy atom. The number of halogens is 1. The van der Waals surface area contributed by atoms with E-state index in [1.165, 1.54) is 5.56 Å². The van der Waals surface area contributed by atoms with Crippen LogP contribution >= 0.6 is 11.6 Å². The molecule has 0 bridgehead atoms. The van der Waals surface area contributed by atoms with Crippen LogP contribution in [0.15, 0.2) is 24.5 Å². The van der Waals surface area contributed by atoms with E-state index in [9.17, 15) is 0 Å². The molecule has 0 N–H and O–H groups in total. The molecule has 0 radical (unpaired) electrons. The van der Waals surface area contributed by atoms with Gasteiger partial charge in [0, 0.05) is 31.1 Å². The predicted octanol–water partition coefficient (Wildman–Crippen LogP) is 2.26. The third-order valence-corrected chi connectivity index (χ3v) is 1.58. The Morgan fingerprint density at radius 1 is 1.25 bits per heavy atom. The van der Waals surface area contributed by atoms with Crippen molar-refractivity contribution in [3.63, 3.8) is 0 Å². The molecule has 1 nitrogen and oxygen atoms in total. The van der Waals surface area contributed by atoms with Crippen LogP contribution in [0, 0.1) is 11.8 Å². The Balaban J connectivity index is 2.40. The fraction of sp³-hybridized carbons (Fsp3) is 0.300. The normalized spacial score (nSPS) is 8.75. The maximum atomic E-state index is 5.47. The first-order chi connectivity index (χ1) is 5.93. The summed E-state index contributed by atoms with van der Waals surface area (Å²) in [5, 5.41) is 0. The van der Waals surface area contributed by atoms with Crippen LogP contribution in [0.3, 0.4) is 0 Å². The molecular weight excluding hydrogens is 170 g/mol. The molecule has 0 amide bonds. The molecule has 2 heteroatoms. The second-order valence-electron chi connectivity index (χ2n) is 2.32. The molecule has 0 atom stereocenters. The molecule has 0 aliphatic carbocycles. The zero-order chi connectivity index (χ0) is 8.65. The van der Waals surface area contributed by atoms with E-state index in [2.05, 4.69) is 16.8 Å². The van der Waals surface area contributed by atoms with Gasteiger partial charge in [0.15, 0.2) is 0 Å². The third kappa shape index (κ3) is 3.41. The van der Waals surface area contributed by atoms with Gasteiger partial charge in [-0.25, -0.2) is 0 Å². The zero-order valence-corrected chi connectivity index (χ0v) is 7.51. The molecule has 0 fully saturated rings. The SMILES string of the molecule is ClCCC#CCc1ccncc1. The van der Waals surface area contributed by atoms with Crippen molar-refractivity contribution in [1.29, 1.82) is 0 Å². The molecule has 62 valence electrons. The van der Waals surface area contributed by atoms with Crippen molar-refractivity contribution in [1.82, 2.24) is 4.98 Å². The van der Waals surface area contributed by atoms with E-state index in [1.807, 2.05) is 12.1 Å². The zero-order valence-electron chi connectivity index (χ0n) is 6.76. The van der Waals surface area contributed by atoms with E-state index in [-0.39, 0.29) is 0 Å². The first kappa shape index (κ1) is 9.09. The molecule has 0 aliphatic heterocycles.